The van der Waals surface area contributed by atoms with Crippen LogP contribution in [0.3, 0.4) is 0 Å². The summed E-state index contributed by atoms with van der Waals surface area (Å²) in [7, 11) is 0. The van der Waals surface area contributed by atoms with E-state index in [0.717, 1.165) is 24.3 Å². The molecule has 2 aromatic rings. The molecule has 3 nitrogen and oxygen atoms in total. The van der Waals surface area contributed by atoms with Crippen LogP contribution in [0, 0.1) is 0 Å². The summed E-state index contributed by atoms with van der Waals surface area (Å²) < 4.78 is 79.9. The number of H-pyrrole nitrogens is 1. The van der Waals surface area contributed by atoms with Crippen LogP contribution in [0.15, 0.2) is 48.6 Å². The Morgan fingerprint density at radius 1 is 1.20 bits per heavy atom. The summed E-state index contributed by atoms with van der Waals surface area (Å²) in [4.78, 5) is 6.57. The summed E-state index contributed by atoms with van der Waals surface area (Å²) in [5, 5.41) is 0. The van der Waals surface area contributed by atoms with Crippen molar-refractivity contribution in [2.45, 2.75) is 19.5 Å². The van der Waals surface area contributed by atoms with E-state index in [1.165, 1.54) is 19.1 Å². The van der Waals surface area contributed by atoms with Crippen LogP contribution in [0.4, 0.5) is 26.3 Å². The van der Waals surface area contributed by atoms with Crippen molar-refractivity contribution in [2.24, 2.45) is 0 Å². The number of aromatic nitrogens is 2. The zero-order valence-electron chi connectivity index (χ0n) is 12.8. The number of nitrogens with one attached hydrogen (secondary N) is 1. The average Bonchev–Trinajstić information content (AvgIpc) is 2.87. The third-order valence-electron chi connectivity index (χ3n) is 3.15. The smallest absolute Gasteiger partial charge is 0.406 e. The van der Waals surface area contributed by atoms with Crippen LogP contribution in [0.1, 0.15) is 12.7 Å². The number of allylic oxidation sites excluding steroid dienone is 5. The molecule has 0 fully saturated rings. The van der Waals surface area contributed by atoms with Crippen LogP contribution >= 0.6 is 0 Å². The first-order valence-corrected chi connectivity index (χ1v) is 6.84. The molecule has 0 saturated carbocycles. The molecule has 0 aliphatic carbocycles. The Balaban J connectivity index is 2.51. The van der Waals surface area contributed by atoms with Crippen LogP contribution in [0.5, 0.6) is 5.75 Å². The van der Waals surface area contributed by atoms with Crippen LogP contribution in [0.2, 0.25) is 0 Å². The van der Waals surface area contributed by atoms with E-state index in [0.29, 0.717) is 0 Å². The van der Waals surface area contributed by atoms with E-state index in [1.807, 2.05) is 0 Å². The third-order valence-corrected chi connectivity index (χ3v) is 3.15. The van der Waals surface area contributed by atoms with E-state index >= 15 is 0 Å². The van der Waals surface area contributed by atoms with Gasteiger partial charge in [0.25, 0.3) is 0 Å². The molecule has 9 heteroatoms. The van der Waals surface area contributed by atoms with E-state index in [9.17, 15) is 26.3 Å². The fourth-order valence-corrected chi connectivity index (χ4v) is 2.08. The quantitative estimate of drug-likeness (QED) is 0.573. The monoisotopic (exact) mass is 362 g/mol. The molecular weight excluding hydrogens is 350 g/mol. The highest BCUT2D eigenvalue weighted by molar-refractivity contribution is 5.81. The highest BCUT2D eigenvalue weighted by Gasteiger charge is 2.34. The van der Waals surface area contributed by atoms with Gasteiger partial charge >= 0.3 is 12.5 Å². The second kappa shape index (κ2) is 6.66. The minimum absolute atomic E-state index is 0.0466. The van der Waals surface area contributed by atoms with Gasteiger partial charge in [-0.25, -0.2) is 4.98 Å². The number of ether oxygens (including phenoxy) is 1. The van der Waals surface area contributed by atoms with Gasteiger partial charge < -0.3 is 9.72 Å². The lowest BCUT2D eigenvalue weighted by Gasteiger charge is -2.10. The molecule has 0 saturated heterocycles. The van der Waals surface area contributed by atoms with Crippen LogP contribution in [-0.2, 0) is 0 Å². The summed E-state index contributed by atoms with van der Waals surface area (Å²) in [5.41, 5.74) is -0.832. The first-order chi connectivity index (χ1) is 11.5. The van der Waals surface area contributed by atoms with Crippen molar-refractivity contribution < 1.29 is 31.1 Å². The first kappa shape index (κ1) is 18.6. The number of hydrogen-bond acceptors (Lipinski definition) is 2. The molecule has 134 valence electrons. The van der Waals surface area contributed by atoms with Crippen molar-refractivity contribution in [3.8, 4) is 5.75 Å². The van der Waals surface area contributed by atoms with Crippen molar-refractivity contribution in [3.05, 3.63) is 54.4 Å². The Kier molecular flexibility index (Phi) is 4.96. The molecule has 1 aromatic carbocycles. The number of alkyl halides is 6. The third kappa shape index (κ3) is 4.65. The van der Waals surface area contributed by atoms with E-state index < -0.39 is 23.9 Å². The molecule has 1 heterocycles. The predicted octanol–water partition coefficient (Wildman–Crippen LogP) is 5.54. The van der Waals surface area contributed by atoms with Gasteiger partial charge in [0.05, 0.1) is 16.6 Å². The minimum Gasteiger partial charge on any atom is -0.406 e. The van der Waals surface area contributed by atoms with Crippen LogP contribution < -0.4 is 4.74 Å². The number of imidazole rings is 1. The molecule has 1 N–H and O–H groups in total. The summed E-state index contributed by atoms with van der Waals surface area (Å²) in [6.45, 7) is 4.52. The maximum atomic E-state index is 13.2. The average molecular weight is 362 g/mol. The van der Waals surface area contributed by atoms with Gasteiger partial charge in [0, 0.05) is 11.6 Å². The summed E-state index contributed by atoms with van der Waals surface area (Å²) >= 11 is 0. The van der Waals surface area contributed by atoms with Crippen molar-refractivity contribution in [2.75, 3.05) is 0 Å². The summed E-state index contributed by atoms with van der Waals surface area (Å²) in [6.07, 6.45) is -6.34. The fraction of sp³-hybridized carbons (Fsp3) is 0.188. The number of aromatic amines is 1. The topological polar surface area (TPSA) is 37.9 Å². The van der Waals surface area contributed by atoms with Crippen LogP contribution in [-0.4, -0.2) is 22.5 Å². The highest BCUT2D eigenvalue weighted by Crippen LogP contribution is 2.33. The van der Waals surface area contributed by atoms with E-state index in [-0.39, 0.29) is 22.4 Å². The van der Waals surface area contributed by atoms with Crippen LogP contribution in [0.25, 0.3) is 16.6 Å². The molecule has 0 aliphatic rings. The van der Waals surface area contributed by atoms with Gasteiger partial charge in [-0.15, -0.1) is 13.2 Å². The maximum absolute atomic E-state index is 13.2. The van der Waals surface area contributed by atoms with Gasteiger partial charge in [0.2, 0.25) is 0 Å². The molecular formula is C16H12F6N2O. The lowest BCUT2D eigenvalue weighted by molar-refractivity contribution is -0.274. The predicted molar refractivity (Wildman–Crippen MR) is 80.8 cm³/mol. The first-order valence-electron chi connectivity index (χ1n) is 6.84. The lowest BCUT2D eigenvalue weighted by atomic mass is 10.1. The van der Waals surface area contributed by atoms with E-state index in [4.69, 9.17) is 0 Å². The number of hydrogen-bond donors (Lipinski definition) is 1. The Bertz CT molecular complexity index is 842. The molecule has 0 amide bonds. The number of benzene rings is 1. The number of rotatable bonds is 4. The SMILES string of the molecule is C=C/C=C\C(=C(/C)c1nc2cc(OC(F)(F)F)ccc2[nH]1)C(F)(F)F. The van der Waals surface area contributed by atoms with Gasteiger partial charge in [-0.3, -0.25) is 0 Å². The Morgan fingerprint density at radius 3 is 2.44 bits per heavy atom. The molecule has 0 bridgehead atoms. The van der Waals surface area contributed by atoms with E-state index in [1.54, 1.807) is 0 Å². The largest absolute Gasteiger partial charge is 0.573 e. The van der Waals surface area contributed by atoms with E-state index in [2.05, 4.69) is 21.3 Å². The molecule has 0 aliphatic heterocycles. The van der Waals surface area contributed by atoms with Gasteiger partial charge in [-0.05, 0) is 25.1 Å². The molecule has 0 radical (unpaired) electrons. The molecule has 0 spiro atoms. The Labute approximate surface area is 138 Å². The minimum atomic E-state index is -4.87. The van der Waals surface area contributed by atoms with Gasteiger partial charge in [-0.2, -0.15) is 13.2 Å². The number of halogens is 6. The van der Waals surface area contributed by atoms with Crippen molar-refractivity contribution in [3.63, 3.8) is 0 Å². The second-order valence-corrected chi connectivity index (χ2v) is 4.94. The maximum Gasteiger partial charge on any atom is 0.573 e. The summed E-state index contributed by atoms with van der Waals surface area (Å²) in [5.74, 6) is -0.623. The second-order valence-electron chi connectivity index (χ2n) is 4.94. The van der Waals surface area contributed by atoms with Gasteiger partial charge in [-0.1, -0.05) is 18.7 Å². The summed E-state index contributed by atoms with van der Waals surface area (Å²) in [6, 6.07) is 3.27. The zero-order chi connectivity index (χ0) is 18.8. The molecule has 1 aromatic heterocycles. The van der Waals surface area contributed by atoms with Gasteiger partial charge in [0.1, 0.15) is 11.6 Å². The zero-order valence-corrected chi connectivity index (χ0v) is 12.8. The number of nitrogens with zero attached hydrogens (tertiary/aromatic N) is 1. The van der Waals surface area contributed by atoms with Gasteiger partial charge in [0.15, 0.2) is 0 Å². The molecule has 0 atom stereocenters. The Hall–Kier alpha value is -2.71. The van der Waals surface area contributed by atoms with Crippen molar-refractivity contribution >= 4 is 16.6 Å². The fourth-order valence-electron chi connectivity index (χ4n) is 2.08. The Morgan fingerprint density at radius 2 is 1.88 bits per heavy atom. The number of fused-ring (bicyclic) bond motifs is 1. The molecule has 25 heavy (non-hydrogen) atoms. The van der Waals surface area contributed by atoms with Crippen molar-refractivity contribution in [1.29, 1.82) is 0 Å². The molecule has 2 rings (SSSR count). The lowest BCUT2D eigenvalue weighted by Crippen LogP contribution is -2.16. The normalized spacial score (nSPS) is 14.0. The molecule has 0 unspecified atom stereocenters. The standard InChI is InChI=1S/C16H12F6N2O/c1-3-4-5-11(15(17,18)19)9(2)14-23-12-7-6-10(8-13(12)24-14)25-16(20,21)22/h3-8H,1H2,2H3,(H,23,24)/b5-4-,11-9-. The van der Waals surface area contributed by atoms with Crippen molar-refractivity contribution in [1.82, 2.24) is 9.97 Å². The highest BCUT2D eigenvalue weighted by atomic mass is 19.4.